The summed E-state index contributed by atoms with van der Waals surface area (Å²) in [4.78, 5) is 20.4. The molecule has 0 spiro atoms. The first-order valence-corrected chi connectivity index (χ1v) is 6.55. The number of benzene rings is 1. The molecule has 1 aromatic carbocycles. The zero-order chi connectivity index (χ0) is 14.1. The molecule has 1 aliphatic rings. The van der Waals surface area contributed by atoms with Crippen molar-refractivity contribution in [3.8, 4) is 0 Å². The summed E-state index contributed by atoms with van der Waals surface area (Å²) in [6.45, 7) is 1.97. The molecule has 0 saturated carbocycles. The summed E-state index contributed by atoms with van der Waals surface area (Å²) >= 11 is 6.19. The molecule has 0 unspecified atom stereocenters. The predicted octanol–water partition coefficient (Wildman–Crippen LogP) is 3.91. The normalized spacial score (nSPS) is 14.8. The smallest absolute Gasteiger partial charge is 0.204 e. The Balaban J connectivity index is 0.00000161. The summed E-state index contributed by atoms with van der Waals surface area (Å²) in [5.41, 5.74) is 3.61. The molecule has 0 saturated heterocycles. The molecule has 21 heavy (non-hydrogen) atoms. The Morgan fingerprint density at radius 3 is 2.76 bits per heavy atom. The van der Waals surface area contributed by atoms with Crippen LogP contribution in [0.15, 0.2) is 53.7 Å². The Bertz CT molecular complexity index is 769. The van der Waals surface area contributed by atoms with Crippen molar-refractivity contribution < 1.29 is 21.9 Å². The SMILES string of the molecule is Cc1ccc(N=C2C=CC(=O)c3ncccc32)c(Cl)c1.[Cu]. The van der Waals surface area contributed by atoms with E-state index in [0.29, 0.717) is 22.1 Å². The van der Waals surface area contributed by atoms with Crippen LogP contribution >= 0.6 is 11.6 Å². The molecule has 0 amide bonds. The largest absolute Gasteiger partial charge is 0.288 e. The van der Waals surface area contributed by atoms with Crippen molar-refractivity contribution in [1.82, 2.24) is 4.98 Å². The number of pyridine rings is 1. The summed E-state index contributed by atoms with van der Waals surface area (Å²) in [7, 11) is 0. The second-order valence-corrected chi connectivity index (χ2v) is 4.96. The quantitative estimate of drug-likeness (QED) is 0.735. The van der Waals surface area contributed by atoms with Crippen molar-refractivity contribution in [1.29, 1.82) is 0 Å². The fourth-order valence-corrected chi connectivity index (χ4v) is 2.34. The molecule has 0 atom stereocenters. The molecule has 109 valence electrons. The number of hydrogen-bond donors (Lipinski definition) is 0. The van der Waals surface area contributed by atoms with E-state index in [1.807, 2.05) is 31.2 Å². The monoisotopic (exact) mass is 345 g/mol. The average molecular weight is 346 g/mol. The van der Waals surface area contributed by atoms with Crippen molar-refractivity contribution in [2.45, 2.75) is 6.92 Å². The van der Waals surface area contributed by atoms with Crippen molar-refractivity contribution in [2.75, 3.05) is 0 Å². The number of fused-ring (bicyclic) bond motifs is 1. The van der Waals surface area contributed by atoms with Crippen LogP contribution in [0.4, 0.5) is 5.69 Å². The number of aromatic nitrogens is 1. The van der Waals surface area contributed by atoms with Gasteiger partial charge in [-0.1, -0.05) is 17.7 Å². The molecule has 3 rings (SSSR count). The first-order chi connectivity index (χ1) is 9.65. The number of hydrogen-bond acceptors (Lipinski definition) is 3. The molecule has 1 aromatic heterocycles. The minimum absolute atomic E-state index is 0. The molecule has 0 bridgehead atoms. The number of rotatable bonds is 1. The second-order valence-electron chi connectivity index (χ2n) is 4.55. The van der Waals surface area contributed by atoms with Crippen LogP contribution in [0.1, 0.15) is 21.6 Å². The Morgan fingerprint density at radius 1 is 1.19 bits per heavy atom. The minimum Gasteiger partial charge on any atom is -0.288 e. The number of halogens is 1. The predicted molar refractivity (Wildman–Crippen MR) is 80.1 cm³/mol. The van der Waals surface area contributed by atoms with Gasteiger partial charge in [-0.15, -0.1) is 0 Å². The van der Waals surface area contributed by atoms with Crippen LogP contribution in [-0.2, 0) is 17.1 Å². The zero-order valence-electron chi connectivity index (χ0n) is 11.1. The maximum Gasteiger partial charge on any atom is 0.204 e. The summed E-state index contributed by atoms with van der Waals surface area (Å²) in [5.74, 6) is -0.102. The summed E-state index contributed by atoms with van der Waals surface area (Å²) in [6, 6.07) is 9.31. The standard InChI is InChI=1S/C16H11ClN2O.Cu/c1-10-4-5-14(12(17)9-10)19-13-6-7-15(20)16-11(13)3-2-8-18-16;/h2-9H,1H3;. The fraction of sp³-hybridized carbons (Fsp3) is 0.0625. The van der Waals surface area contributed by atoms with Gasteiger partial charge in [-0.25, -0.2) is 4.99 Å². The number of carbonyl (C=O) groups excluding carboxylic acids is 1. The third kappa shape index (κ3) is 3.13. The van der Waals surface area contributed by atoms with Crippen LogP contribution in [0.2, 0.25) is 5.02 Å². The summed E-state index contributed by atoms with van der Waals surface area (Å²) < 4.78 is 0. The molecule has 0 aliphatic heterocycles. The van der Waals surface area contributed by atoms with Gasteiger partial charge in [0.05, 0.1) is 16.4 Å². The van der Waals surface area contributed by atoms with Crippen LogP contribution in [-0.4, -0.2) is 16.5 Å². The number of aryl methyl sites for hydroxylation is 1. The molecule has 5 heteroatoms. The van der Waals surface area contributed by atoms with Gasteiger partial charge in [-0.05, 0) is 48.9 Å². The molecule has 1 radical (unpaired) electrons. The molecule has 3 nitrogen and oxygen atoms in total. The first kappa shape index (κ1) is 15.6. The zero-order valence-corrected chi connectivity index (χ0v) is 12.8. The van der Waals surface area contributed by atoms with E-state index in [2.05, 4.69) is 9.98 Å². The van der Waals surface area contributed by atoms with Crippen LogP contribution in [0, 0.1) is 6.92 Å². The second kappa shape index (κ2) is 6.35. The van der Waals surface area contributed by atoms with E-state index in [0.717, 1.165) is 11.1 Å². The minimum atomic E-state index is -0.102. The number of nitrogens with zero attached hydrogens (tertiary/aromatic N) is 2. The topological polar surface area (TPSA) is 42.3 Å². The molecule has 0 N–H and O–H groups in total. The van der Waals surface area contributed by atoms with Crippen LogP contribution < -0.4 is 0 Å². The molecule has 1 aliphatic carbocycles. The number of carbonyl (C=O) groups is 1. The molecular formula is C16H11ClCuN2O. The van der Waals surface area contributed by atoms with Gasteiger partial charge in [-0.2, -0.15) is 0 Å². The van der Waals surface area contributed by atoms with E-state index < -0.39 is 0 Å². The van der Waals surface area contributed by atoms with E-state index in [-0.39, 0.29) is 22.9 Å². The van der Waals surface area contributed by atoms with E-state index in [4.69, 9.17) is 11.6 Å². The van der Waals surface area contributed by atoms with Gasteiger partial charge in [0.25, 0.3) is 0 Å². The maximum absolute atomic E-state index is 11.8. The van der Waals surface area contributed by atoms with Crippen molar-refractivity contribution in [3.63, 3.8) is 0 Å². The Hall–Kier alpha value is -1.74. The molecule has 1 heterocycles. The van der Waals surface area contributed by atoms with E-state index >= 15 is 0 Å². The van der Waals surface area contributed by atoms with Crippen molar-refractivity contribution >= 4 is 28.8 Å². The van der Waals surface area contributed by atoms with E-state index in [1.54, 1.807) is 18.3 Å². The van der Waals surface area contributed by atoms with Crippen LogP contribution in [0.25, 0.3) is 0 Å². The van der Waals surface area contributed by atoms with E-state index in [9.17, 15) is 4.79 Å². The molecular weight excluding hydrogens is 335 g/mol. The van der Waals surface area contributed by atoms with Gasteiger partial charge in [0.2, 0.25) is 5.78 Å². The van der Waals surface area contributed by atoms with Crippen LogP contribution in [0.3, 0.4) is 0 Å². The molecule has 2 aromatic rings. The van der Waals surface area contributed by atoms with Gasteiger partial charge >= 0.3 is 0 Å². The maximum atomic E-state index is 11.8. The van der Waals surface area contributed by atoms with E-state index in [1.165, 1.54) is 6.08 Å². The Labute approximate surface area is 138 Å². The van der Waals surface area contributed by atoms with Gasteiger partial charge in [-0.3, -0.25) is 9.78 Å². The Kier molecular flexibility index (Phi) is 4.73. The van der Waals surface area contributed by atoms with Gasteiger partial charge < -0.3 is 0 Å². The van der Waals surface area contributed by atoms with Gasteiger partial charge in [0.1, 0.15) is 5.69 Å². The fourth-order valence-electron chi connectivity index (χ4n) is 2.06. The number of ketones is 1. The van der Waals surface area contributed by atoms with Crippen molar-refractivity contribution in [2.24, 2.45) is 4.99 Å². The summed E-state index contributed by atoms with van der Waals surface area (Å²) in [5, 5.41) is 0.591. The van der Waals surface area contributed by atoms with Gasteiger partial charge in [0, 0.05) is 28.8 Å². The van der Waals surface area contributed by atoms with Crippen molar-refractivity contribution in [3.05, 3.63) is 70.5 Å². The number of allylic oxidation sites excluding steroid dienone is 2. The third-order valence-corrected chi connectivity index (χ3v) is 3.36. The third-order valence-electron chi connectivity index (χ3n) is 3.05. The van der Waals surface area contributed by atoms with Gasteiger partial charge in [0.15, 0.2) is 0 Å². The Morgan fingerprint density at radius 2 is 2.00 bits per heavy atom. The average Bonchev–Trinajstić information content (AvgIpc) is 2.45. The molecule has 0 fully saturated rings. The summed E-state index contributed by atoms with van der Waals surface area (Å²) in [6.07, 6.45) is 4.78. The van der Waals surface area contributed by atoms with Crippen LogP contribution in [0.5, 0.6) is 0 Å². The number of aliphatic imine (C=N–C) groups is 1. The first-order valence-electron chi connectivity index (χ1n) is 6.18.